The van der Waals surface area contributed by atoms with Crippen LogP contribution in [0, 0.1) is 20.8 Å². The number of hydrogen-bond acceptors (Lipinski definition) is 5. The second kappa shape index (κ2) is 9.06. The first-order chi connectivity index (χ1) is 16.2. The van der Waals surface area contributed by atoms with Crippen LogP contribution in [0.25, 0.3) is 5.76 Å². The van der Waals surface area contributed by atoms with Crippen LogP contribution >= 0.6 is 0 Å². The lowest BCUT2D eigenvalue weighted by atomic mass is 9.94. The number of aliphatic hydroxyl groups is 1. The van der Waals surface area contributed by atoms with Crippen molar-refractivity contribution in [3.8, 4) is 11.5 Å². The predicted octanol–water partition coefficient (Wildman–Crippen LogP) is 5.26. The van der Waals surface area contributed by atoms with Crippen molar-refractivity contribution in [2.45, 2.75) is 26.8 Å². The van der Waals surface area contributed by atoms with E-state index in [1.165, 1.54) is 12.0 Å². The molecule has 1 aliphatic rings. The summed E-state index contributed by atoms with van der Waals surface area (Å²) in [5, 5.41) is 11.4. The van der Waals surface area contributed by atoms with Crippen molar-refractivity contribution >= 4 is 23.1 Å². The molecule has 3 aromatic carbocycles. The van der Waals surface area contributed by atoms with Gasteiger partial charge in [0.2, 0.25) is 0 Å². The van der Waals surface area contributed by atoms with Gasteiger partial charge in [-0.1, -0.05) is 29.8 Å². The average molecular weight is 458 g/mol. The van der Waals surface area contributed by atoms with Crippen LogP contribution in [0.15, 0.2) is 66.2 Å². The molecule has 0 spiro atoms. The van der Waals surface area contributed by atoms with E-state index in [0.717, 1.165) is 16.7 Å². The van der Waals surface area contributed by atoms with Gasteiger partial charge in [-0.2, -0.15) is 0 Å². The van der Waals surface area contributed by atoms with Crippen LogP contribution < -0.4 is 14.4 Å². The number of anilines is 1. The zero-order valence-electron chi connectivity index (χ0n) is 19.9. The highest BCUT2D eigenvalue weighted by Gasteiger charge is 2.47. The van der Waals surface area contributed by atoms with Gasteiger partial charge in [0.1, 0.15) is 17.3 Å². The van der Waals surface area contributed by atoms with Crippen LogP contribution in [-0.2, 0) is 9.59 Å². The van der Waals surface area contributed by atoms with E-state index in [9.17, 15) is 14.7 Å². The third-order valence-electron chi connectivity index (χ3n) is 5.95. The third-order valence-corrected chi connectivity index (χ3v) is 5.95. The molecule has 1 saturated heterocycles. The number of ketones is 1. The molecule has 4 rings (SSSR count). The summed E-state index contributed by atoms with van der Waals surface area (Å²) >= 11 is 0. The quantitative estimate of drug-likeness (QED) is 0.322. The maximum atomic E-state index is 13.4. The van der Waals surface area contributed by atoms with Crippen LogP contribution in [0.4, 0.5) is 5.69 Å². The lowest BCUT2D eigenvalue weighted by Crippen LogP contribution is -2.29. The lowest BCUT2D eigenvalue weighted by Gasteiger charge is -2.26. The molecule has 1 amide bonds. The molecule has 1 N–H and O–H groups in total. The number of rotatable bonds is 5. The molecule has 1 heterocycles. The molecular weight excluding hydrogens is 430 g/mol. The minimum atomic E-state index is -0.846. The highest BCUT2D eigenvalue weighted by atomic mass is 16.5. The smallest absolute Gasteiger partial charge is 0.300 e. The molecule has 3 aromatic rings. The van der Waals surface area contributed by atoms with Gasteiger partial charge in [0.05, 0.1) is 31.4 Å². The molecule has 6 heteroatoms. The molecule has 1 atom stereocenters. The second-order valence-corrected chi connectivity index (χ2v) is 8.50. The zero-order chi connectivity index (χ0) is 24.6. The van der Waals surface area contributed by atoms with Crippen molar-refractivity contribution in [3.63, 3.8) is 0 Å². The number of aryl methyl sites for hydroxylation is 3. The van der Waals surface area contributed by atoms with E-state index in [1.807, 2.05) is 51.1 Å². The Bertz CT molecular complexity index is 1300. The normalized spacial score (nSPS) is 17.2. The molecule has 1 fully saturated rings. The summed E-state index contributed by atoms with van der Waals surface area (Å²) in [4.78, 5) is 28.3. The summed E-state index contributed by atoms with van der Waals surface area (Å²) in [7, 11) is 3.05. The standard InChI is InChI=1S/C28H27NO5/c1-16-9-10-23(34-5)22(14-16)26(30)24-25(19-7-6-8-21(15-19)33-4)29(28(32)27(24)31)20-12-17(2)11-18(3)13-20/h6-15,25,30H,1-5H3/b26-24+. The van der Waals surface area contributed by atoms with Crippen molar-refractivity contribution < 1.29 is 24.2 Å². The first-order valence-corrected chi connectivity index (χ1v) is 10.9. The van der Waals surface area contributed by atoms with E-state index in [4.69, 9.17) is 9.47 Å². The summed E-state index contributed by atoms with van der Waals surface area (Å²) in [6, 6.07) is 17.4. The lowest BCUT2D eigenvalue weighted by molar-refractivity contribution is -0.132. The average Bonchev–Trinajstić information content (AvgIpc) is 3.08. The number of carbonyl (C=O) groups is 2. The molecule has 0 aromatic heterocycles. The van der Waals surface area contributed by atoms with Gasteiger partial charge >= 0.3 is 0 Å². The second-order valence-electron chi connectivity index (χ2n) is 8.50. The number of benzene rings is 3. The number of Topliss-reactive ketones (excluding diaryl/α,β-unsaturated/α-hetero) is 1. The van der Waals surface area contributed by atoms with E-state index < -0.39 is 17.7 Å². The Balaban J connectivity index is 2.02. The highest BCUT2D eigenvalue weighted by Crippen LogP contribution is 2.44. The van der Waals surface area contributed by atoms with Gasteiger partial charge in [0.15, 0.2) is 0 Å². The van der Waals surface area contributed by atoms with Crippen molar-refractivity contribution in [3.05, 3.63) is 94.1 Å². The maximum Gasteiger partial charge on any atom is 0.300 e. The van der Waals surface area contributed by atoms with Crippen LogP contribution in [0.3, 0.4) is 0 Å². The number of ether oxygens (including phenoxy) is 2. The van der Waals surface area contributed by atoms with E-state index in [2.05, 4.69) is 0 Å². The Kier molecular flexibility index (Phi) is 6.16. The molecule has 1 unspecified atom stereocenters. The Hall–Kier alpha value is -4.06. The Morgan fingerprint density at radius 2 is 1.56 bits per heavy atom. The minimum Gasteiger partial charge on any atom is -0.507 e. The largest absolute Gasteiger partial charge is 0.507 e. The number of aliphatic hydroxyl groups excluding tert-OH is 1. The maximum absolute atomic E-state index is 13.4. The molecule has 0 saturated carbocycles. The number of methoxy groups -OCH3 is 2. The fourth-order valence-electron chi connectivity index (χ4n) is 4.47. The van der Waals surface area contributed by atoms with E-state index >= 15 is 0 Å². The van der Waals surface area contributed by atoms with Gasteiger partial charge in [-0.05, 0) is 73.9 Å². The molecule has 0 bridgehead atoms. The van der Waals surface area contributed by atoms with Gasteiger partial charge in [-0.3, -0.25) is 14.5 Å². The minimum absolute atomic E-state index is 0.00122. The number of amides is 1. The van der Waals surface area contributed by atoms with Gasteiger partial charge in [-0.15, -0.1) is 0 Å². The molecular formula is C28H27NO5. The van der Waals surface area contributed by atoms with Gasteiger partial charge < -0.3 is 14.6 Å². The van der Waals surface area contributed by atoms with Gasteiger partial charge in [-0.25, -0.2) is 0 Å². The summed E-state index contributed by atoms with van der Waals surface area (Å²) in [6.07, 6.45) is 0. The van der Waals surface area contributed by atoms with Crippen LogP contribution in [-0.4, -0.2) is 31.0 Å². The van der Waals surface area contributed by atoms with Crippen molar-refractivity contribution in [1.82, 2.24) is 0 Å². The Morgan fingerprint density at radius 1 is 0.853 bits per heavy atom. The number of carbonyl (C=O) groups excluding carboxylic acids is 2. The van der Waals surface area contributed by atoms with E-state index in [0.29, 0.717) is 28.3 Å². The molecule has 174 valence electrons. The Morgan fingerprint density at radius 3 is 2.21 bits per heavy atom. The molecule has 0 radical (unpaired) electrons. The first kappa shape index (κ1) is 23.1. The van der Waals surface area contributed by atoms with Gasteiger partial charge in [0, 0.05) is 5.69 Å². The molecule has 0 aliphatic carbocycles. The monoisotopic (exact) mass is 457 g/mol. The predicted molar refractivity (Wildman–Crippen MR) is 131 cm³/mol. The molecule has 6 nitrogen and oxygen atoms in total. The van der Waals surface area contributed by atoms with Crippen molar-refractivity contribution in [2.75, 3.05) is 19.1 Å². The fourth-order valence-corrected chi connectivity index (χ4v) is 4.47. The summed E-state index contributed by atoms with van der Waals surface area (Å²) in [5.41, 5.74) is 4.38. The fraction of sp³-hybridized carbons (Fsp3) is 0.214. The van der Waals surface area contributed by atoms with E-state index in [-0.39, 0.29) is 11.3 Å². The highest BCUT2D eigenvalue weighted by molar-refractivity contribution is 6.51. The zero-order valence-corrected chi connectivity index (χ0v) is 19.9. The molecule has 1 aliphatic heterocycles. The Labute approximate surface area is 199 Å². The van der Waals surface area contributed by atoms with Crippen LogP contribution in [0.5, 0.6) is 11.5 Å². The van der Waals surface area contributed by atoms with Crippen molar-refractivity contribution in [1.29, 1.82) is 0 Å². The van der Waals surface area contributed by atoms with Crippen molar-refractivity contribution in [2.24, 2.45) is 0 Å². The number of hydrogen-bond donors (Lipinski definition) is 1. The van der Waals surface area contributed by atoms with Crippen LogP contribution in [0.1, 0.15) is 33.9 Å². The summed E-state index contributed by atoms with van der Waals surface area (Å²) in [6.45, 7) is 5.75. The third kappa shape index (κ3) is 4.03. The van der Waals surface area contributed by atoms with Crippen LogP contribution in [0.2, 0.25) is 0 Å². The SMILES string of the molecule is COc1cccc(C2/C(=C(\O)c3cc(C)ccc3OC)C(=O)C(=O)N2c2cc(C)cc(C)c2)c1. The summed E-state index contributed by atoms with van der Waals surface area (Å²) < 4.78 is 10.8. The number of nitrogens with zero attached hydrogens (tertiary/aromatic N) is 1. The summed E-state index contributed by atoms with van der Waals surface area (Å²) in [5.74, 6) is -0.751. The molecule has 34 heavy (non-hydrogen) atoms. The topological polar surface area (TPSA) is 76.1 Å². The van der Waals surface area contributed by atoms with E-state index in [1.54, 1.807) is 37.4 Å². The first-order valence-electron chi connectivity index (χ1n) is 10.9. The van der Waals surface area contributed by atoms with Gasteiger partial charge in [0.25, 0.3) is 11.7 Å².